The highest BCUT2D eigenvalue weighted by Gasteiger charge is 1.89. The summed E-state index contributed by atoms with van der Waals surface area (Å²) in [6, 6.07) is 0. The van der Waals surface area contributed by atoms with Crippen LogP contribution in [-0.2, 0) is 0 Å². The van der Waals surface area contributed by atoms with Crippen molar-refractivity contribution < 1.29 is 0 Å². The Morgan fingerprint density at radius 2 is 2.20 bits per heavy atom. The molecule has 0 aromatic rings. The molecule has 0 aliphatic carbocycles. The summed E-state index contributed by atoms with van der Waals surface area (Å²) in [5.74, 6) is 0. The molecule has 0 aliphatic heterocycles. The fourth-order valence-corrected chi connectivity index (χ4v) is 0.504. The summed E-state index contributed by atoms with van der Waals surface area (Å²) in [6.07, 6.45) is 4.06. The first-order chi connectivity index (χ1) is 4.85. The van der Waals surface area contributed by atoms with Gasteiger partial charge in [-0.3, -0.25) is 5.01 Å². The summed E-state index contributed by atoms with van der Waals surface area (Å²) in [6.45, 7) is 9.89. The highest BCUT2D eigenvalue weighted by molar-refractivity contribution is 4.66. The van der Waals surface area contributed by atoms with Gasteiger partial charge in [0.2, 0.25) is 0 Å². The molecule has 0 rings (SSSR count). The van der Waals surface area contributed by atoms with Crippen molar-refractivity contribution in [3.05, 3.63) is 25.6 Å². The van der Waals surface area contributed by atoms with Crippen LogP contribution in [0.15, 0.2) is 35.9 Å². The quantitative estimate of drug-likeness (QED) is 0.424. The van der Waals surface area contributed by atoms with Crippen LogP contribution in [0, 0.1) is 0 Å². The molecule has 0 spiro atoms. The maximum Gasteiger partial charge on any atom is 0.0441 e. The third kappa shape index (κ3) is 3.83. The van der Waals surface area contributed by atoms with Gasteiger partial charge in [0.05, 0.1) is 0 Å². The zero-order valence-corrected chi connectivity index (χ0v) is 6.32. The molecule has 0 aromatic heterocycles. The molecular formula is C7H13N3. The van der Waals surface area contributed by atoms with Gasteiger partial charge >= 0.3 is 0 Å². The molecule has 0 bridgehead atoms. The maximum atomic E-state index is 3.77. The normalized spacial score (nSPS) is 9.70. The Hall–Kier alpha value is -1.12. The van der Waals surface area contributed by atoms with Gasteiger partial charge in [-0.25, -0.2) is 0 Å². The van der Waals surface area contributed by atoms with Crippen molar-refractivity contribution in [2.75, 3.05) is 6.54 Å². The van der Waals surface area contributed by atoms with E-state index in [2.05, 4.69) is 30.4 Å². The number of hydrogen-bond acceptors (Lipinski definition) is 2. The van der Waals surface area contributed by atoms with E-state index in [0.717, 1.165) is 13.0 Å². The maximum absolute atomic E-state index is 3.77. The highest BCUT2D eigenvalue weighted by Crippen LogP contribution is 1.92. The Morgan fingerprint density at radius 1 is 1.50 bits per heavy atom. The van der Waals surface area contributed by atoms with Crippen LogP contribution in [-0.4, -0.2) is 11.6 Å². The van der Waals surface area contributed by atoms with Crippen LogP contribution in [0.4, 0.5) is 0 Å². The lowest BCUT2D eigenvalue weighted by Gasteiger charge is -2.08. The fraction of sp³-hybridized carbons (Fsp3) is 0.429. The summed E-state index contributed by atoms with van der Waals surface area (Å²) in [5, 5.41) is 9.05. The van der Waals surface area contributed by atoms with E-state index < -0.39 is 0 Å². The zero-order valence-electron chi connectivity index (χ0n) is 6.32. The SMILES string of the molecule is C=CN=NN(C=C)CCC. The summed E-state index contributed by atoms with van der Waals surface area (Å²) in [4.78, 5) is 0. The Kier molecular flexibility index (Phi) is 5.33. The molecule has 0 atom stereocenters. The van der Waals surface area contributed by atoms with Gasteiger partial charge in [0, 0.05) is 18.9 Å². The summed E-state index contributed by atoms with van der Waals surface area (Å²) in [5.41, 5.74) is 0. The minimum absolute atomic E-state index is 0.848. The van der Waals surface area contributed by atoms with E-state index in [4.69, 9.17) is 0 Å². The van der Waals surface area contributed by atoms with E-state index in [-0.39, 0.29) is 0 Å². The van der Waals surface area contributed by atoms with Crippen LogP contribution < -0.4 is 0 Å². The Labute approximate surface area is 61.7 Å². The van der Waals surface area contributed by atoms with Gasteiger partial charge in [-0.15, -0.1) is 5.11 Å². The second-order valence-corrected chi connectivity index (χ2v) is 1.73. The molecule has 3 heteroatoms. The predicted molar refractivity (Wildman–Crippen MR) is 42.2 cm³/mol. The molecule has 0 unspecified atom stereocenters. The largest absolute Gasteiger partial charge is 0.255 e. The van der Waals surface area contributed by atoms with E-state index in [9.17, 15) is 0 Å². The van der Waals surface area contributed by atoms with Gasteiger partial charge in [0.25, 0.3) is 0 Å². The van der Waals surface area contributed by atoms with Gasteiger partial charge in [-0.1, -0.05) is 25.3 Å². The molecule has 0 amide bonds. The number of nitrogens with zero attached hydrogens (tertiary/aromatic N) is 3. The van der Waals surface area contributed by atoms with Gasteiger partial charge in [-0.05, 0) is 6.42 Å². The average molecular weight is 139 g/mol. The van der Waals surface area contributed by atoms with E-state index in [1.165, 1.54) is 6.20 Å². The molecule has 0 radical (unpaired) electrons. The molecule has 3 nitrogen and oxygen atoms in total. The van der Waals surface area contributed by atoms with E-state index in [0.29, 0.717) is 0 Å². The van der Waals surface area contributed by atoms with Gasteiger partial charge in [-0.2, -0.15) is 0 Å². The Balaban J connectivity index is 3.69. The van der Waals surface area contributed by atoms with Crippen LogP contribution >= 0.6 is 0 Å². The predicted octanol–water partition coefficient (Wildman–Crippen LogP) is 2.35. The first-order valence-electron chi connectivity index (χ1n) is 3.26. The molecule has 0 fully saturated rings. The van der Waals surface area contributed by atoms with Gasteiger partial charge in [0.15, 0.2) is 0 Å². The summed E-state index contributed by atoms with van der Waals surface area (Å²) in [7, 11) is 0. The average Bonchev–Trinajstić information content (AvgIpc) is 1.98. The van der Waals surface area contributed by atoms with Crippen molar-refractivity contribution in [2.24, 2.45) is 10.3 Å². The molecule has 0 heterocycles. The molecule has 56 valence electrons. The van der Waals surface area contributed by atoms with E-state index in [1.807, 2.05) is 0 Å². The van der Waals surface area contributed by atoms with Crippen LogP contribution in [0.2, 0.25) is 0 Å². The van der Waals surface area contributed by atoms with Crippen molar-refractivity contribution in [3.63, 3.8) is 0 Å². The Morgan fingerprint density at radius 3 is 2.60 bits per heavy atom. The van der Waals surface area contributed by atoms with E-state index >= 15 is 0 Å². The van der Waals surface area contributed by atoms with E-state index in [1.54, 1.807) is 11.2 Å². The standard InChI is InChI=1S/C7H13N3/c1-4-7-10(6-3)9-8-5-2/h5-6H,2-4,7H2,1H3. The van der Waals surface area contributed by atoms with Gasteiger partial charge in [0.1, 0.15) is 0 Å². The molecule has 0 saturated carbocycles. The molecular weight excluding hydrogens is 126 g/mol. The lowest BCUT2D eigenvalue weighted by Crippen LogP contribution is -2.08. The smallest absolute Gasteiger partial charge is 0.0441 e. The second kappa shape index (κ2) is 6.01. The van der Waals surface area contributed by atoms with Gasteiger partial charge < -0.3 is 0 Å². The third-order valence-electron chi connectivity index (χ3n) is 0.912. The lowest BCUT2D eigenvalue weighted by molar-refractivity contribution is 0.375. The lowest BCUT2D eigenvalue weighted by atomic mass is 10.5. The molecule has 0 aromatic carbocycles. The van der Waals surface area contributed by atoms with Crippen LogP contribution in [0.1, 0.15) is 13.3 Å². The van der Waals surface area contributed by atoms with Crippen molar-refractivity contribution in [1.29, 1.82) is 0 Å². The number of hydrogen-bond donors (Lipinski definition) is 0. The monoisotopic (exact) mass is 139 g/mol. The minimum Gasteiger partial charge on any atom is -0.255 e. The topological polar surface area (TPSA) is 28.0 Å². The van der Waals surface area contributed by atoms with Crippen molar-refractivity contribution in [3.8, 4) is 0 Å². The minimum atomic E-state index is 0.848. The molecule has 10 heavy (non-hydrogen) atoms. The zero-order chi connectivity index (χ0) is 7.82. The summed E-state index contributed by atoms with van der Waals surface area (Å²) < 4.78 is 0. The number of rotatable bonds is 5. The van der Waals surface area contributed by atoms with Crippen molar-refractivity contribution in [1.82, 2.24) is 5.01 Å². The second-order valence-electron chi connectivity index (χ2n) is 1.73. The fourth-order valence-electron chi connectivity index (χ4n) is 0.504. The van der Waals surface area contributed by atoms with Crippen LogP contribution in [0.5, 0.6) is 0 Å². The first kappa shape index (κ1) is 8.88. The summed E-state index contributed by atoms with van der Waals surface area (Å²) >= 11 is 0. The first-order valence-corrected chi connectivity index (χ1v) is 3.26. The molecule has 0 aliphatic rings. The molecule has 0 N–H and O–H groups in total. The van der Waals surface area contributed by atoms with Crippen LogP contribution in [0.25, 0.3) is 0 Å². The van der Waals surface area contributed by atoms with Crippen LogP contribution in [0.3, 0.4) is 0 Å². The molecule has 0 saturated heterocycles. The van der Waals surface area contributed by atoms with Crippen molar-refractivity contribution in [2.45, 2.75) is 13.3 Å². The highest BCUT2D eigenvalue weighted by atomic mass is 15.5. The Bertz CT molecular complexity index is 129. The van der Waals surface area contributed by atoms with Crippen molar-refractivity contribution >= 4 is 0 Å². The third-order valence-corrected chi connectivity index (χ3v) is 0.912.